The van der Waals surface area contributed by atoms with Gasteiger partial charge in [0.25, 0.3) is 0 Å². The number of likely N-dealkylation sites (tertiary alicyclic amines) is 1. The van der Waals surface area contributed by atoms with E-state index in [-0.39, 0.29) is 35.5 Å². The Hall–Kier alpha value is -0.0800. The number of nitrogens with one attached hydrogen (secondary N) is 1. The summed E-state index contributed by atoms with van der Waals surface area (Å²) in [5.41, 5.74) is 0.207. The second kappa shape index (κ2) is 6.91. The minimum Gasteiger partial charge on any atom is -0.391 e. The van der Waals surface area contributed by atoms with E-state index in [0.29, 0.717) is 6.54 Å². The van der Waals surface area contributed by atoms with E-state index in [2.05, 4.69) is 29.1 Å². The van der Waals surface area contributed by atoms with Crippen LogP contribution in [0.3, 0.4) is 0 Å². The van der Waals surface area contributed by atoms with Crippen LogP contribution in [0.1, 0.15) is 20.3 Å². The molecule has 0 bridgehead atoms. The van der Waals surface area contributed by atoms with Crippen molar-refractivity contribution in [1.82, 2.24) is 10.2 Å². The zero-order valence-electron chi connectivity index (χ0n) is 11.2. The van der Waals surface area contributed by atoms with Crippen LogP contribution in [-0.2, 0) is 4.74 Å². The lowest BCUT2D eigenvalue weighted by Crippen LogP contribution is -2.45. The predicted molar refractivity (Wildman–Crippen MR) is 82.5 cm³/mol. The van der Waals surface area contributed by atoms with Gasteiger partial charge < -0.3 is 20.1 Å². The number of nitrogens with zero attached hydrogens (tertiary/aromatic N) is 2. The molecule has 0 aromatic carbocycles. The van der Waals surface area contributed by atoms with E-state index >= 15 is 0 Å². The molecule has 0 saturated carbocycles. The number of ether oxygens (including phenoxy) is 1. The molecule has 2 heterocycles. The van der Waals surface area contributed by atoms with E-state index in [1.54, 1.807) is 0 Å². The Morgan fingerprint density at radius 2 is 2.28 bits per heavy atom. The Kier molecular flexibility index (Phi) is 6.13. The summed E-state index contributed by atoms with van der Waals surface area (Å²) in [6.07, 6.45) is 0.631. The van der Waals surface area contributed by atoms with E-state index in [4.69, 9.17) is 4.74 Å². The molecule has 6 heteroatoms. The molecule has 18 heavy (non-hydrogen) atoms. The highest BCUT2D eigenvalue weighted by atomic mass is 127. The summed E-state index contributed by atoms with van der Waals surface area (Å²) in [4.78, 5) is 6.80. The molecule has 2 saturated heterocycles. The van der Waals surface area contributed by atoms with Crippen LogP contribution in [0.25, 0.3) is 0 Å². The average Bonchev–Trinajstić information content (AvgIpc) is 2.68. The molecule has 2 aliphatic heterocycles. The number of aliphatic hydroxyl groups is 1. The van der Waals surface area contributed by atoms with Crippen LogP contribution in [0.4, 0.5) is 0 Å². The van der Waals surface area contributed by atoms with Gasteiger partial charge in [-0.3, -0.25) is 4.99 Å². The highest BCUT2D eigenvalue weighted by Crippen LogP contribution is 2.26. The summed E-state index contributed by atoms with van der Waals surface area (Å²) in [7, 11) is 0. The first-order valence-corrected chi connectivity index (χ1v) is 6.42. The lowest BCUT2D eigenvalue weighted by atomic mass is 9.89. The van der Waals surface area contributed by atoms with Crippen molar-refractivity contribution in [3.8, 4) is 0 Å². The Bertz CT molecular complexity index is 295. The quantitative estimate of drug-likeness (QED) is 0.436. The second-order valence-corrected chi connectivity index (χ2v) is 5.36. The maximum Gasteiger partial charge on any atom is 0.194 e. The van der Waals surface area contributed by atoms with Crippen molar-refractivity contribution in [2.75, 3.05) is 39.4 Å². The van der Waals surface area contributed by atoms with Crippen molar-refractivity contribution in [2.24, 2.45) is 10.4 Å². The third kappa shape index (κ3) is 3.96. The number of guanidine groups is 1. The number of aliphatic hydroxyl groups excluding tert-OH is 1. The van der Waals surface area contributed by atoms with Gasteiger partial charge in [-0.05, 0) is 13.3 Å². The molecule has 1 atom stereocenters. The maximum absolute atomic E-state index is 9.56. The van der Waals surface area contributed by atoms with E-state index < -0.39 is 0 Å². The molecule has 0 aliphatic carbocycles. The van der Waals surface area contributed by atoms with Crippen LogP contribution in [-0.4, -0.2) is 61.5 Å². The minimum absolute atomic E-state index is 0. The summed E-state index contributed by atoms with van der Waals surface area (Å²) in [6, 6.07) is 0. The van der Waals surface area contributed by atoms with Crippen molar-refractivity contribution < 1.29 is 9.84 Å². The Morgan fingerprint density at radius 1 is 1.56 bits per heavy atom. The zero-order valence-corrected chi connectivity index (χ0v) is 13.5. The number of aliphatic imine (C=N–C) groups is 1. The number of rotatable bonds is 3. The van der Waals surface area contributed by atoms with Crippen LogP contribution in [0.5, 0.6) is 0 Å². The molecular weight excluding hydrogens is 345 g/mol. The molecule has 2 N–H and O–H groups in total. The maximum atomic E-state index is 9.56. The van der Waals surface area contributed by atoms with Crippen molar-refractivity contribution in [1.29, 1.82) is 0 Å². The summed E-state index contributed by atoms with van der Waals surface area (Å²) >= 11 is 0. The van der Waals surface area contributed by atoms with Gasteiger partial charge in [0.2, 0.25) is 0 Å². The highest BCUT2D eigenvalue weighted by molar-refractivity contribution is 14.0. The Labute approximate surface area is 126 Å². The third-order valence-electron chi connectivity index (χ3n) is 3.31. The SMILES string of the molecule is CCNC(=NCC1(C)COC1)N1CC[C@@H](O)C1.I. The Balaban J connectivity index is 0.00000162. The van der Waals surface area contributed by atoms with Gasteiger partial charge in [0.15, 0.2) is 5.96 Å². The van der Waals surface area contributed by atoms with Gasteiger partial charge in [0.1, 0.15) is 0 Å². The van der Waals surface area contributed by atoms with Crippen molar-refractivity contribution in [3.05, 3.63) is 0 Å². The zero-order chi connectivity index (χ0) is 12.3. The smallest absolute Gasteiger partial charge is 0.194 e. The molecular formula is C12H24IN3O2. The van der Waals surface area contributed by atoms with Gasteiger partial charge in [-0.25, -0.2) is 0 Å². The summed E-state index contributed by atoms with van der Waals surface area (Å²) in [6.45, 7) is 9.11. The fraction of sp³-hybridized carbons (Fsp3) is 0.917. The number of hydrogen-bond donors (Lipinski definition) is 2. The first-order chi connectivity index (χ1) is 8.13. The van der Waals surface area contributed by atoms with Gasteiger partial charge in [-0.1, -0.05) is 6.92 Å². The van der Waals surface area contributed by atoms with Crippen LogP contribution >= 0.6 is 24.0 Å². The second-order valence-electron chi connectivity index (χ2n) is 5.36. The standard InChI is InChI=1S/C12H23N3O2.HI/c1-3-13-11(15-5-4-10(16)6-15)14-7-12(2)8-17-9-12;/h10,16H,3-9H2,1-2H3,(H,13,14);1H/t10-;/m1./s1. The Morgan fingerprint density at radius 3 is 2.72 bits per heavy atom. The molecule has 2 fully saturated rings. The van der Waals surface area contributed by atoms with E-state index in [1.807, 2.05) is 0 Å². The molecule has 0 radical (unpaired) electrons. The lowest BCUT2D eigenvalue weighted by molar-refractivity contribution is -0.0946. The van der Waals surface area contributed by atoms with E-state index in [0.717, 1.165) is 45.2 Å². The molecule has 0 aromatic heterocycles. The molecule has 0 amide bonds. The van der Waals surface area contributed by atoms with Crippen molar-refractivity contribution in [2.45, 2.75) is 26.4 Å². The van der Waals surface area contributed by atoms with Gasteiger partial charge in [0.05, 0.1) is 25.9 Å². The van der Waals surface area contributed by atoms with Crippen LogP contribution in [0.15, 0.2) is 4.99 Å². The van der Waals surface area contributed by atoms with E-state index in [1.165, 1.54) is 0 Å². The highest BCUT2D eigenvalue weighted by Gasteiger charge is 2.33. The largest absolute Gasteiger partial charge is 0.391 e. The summed E-state index contributed by atoms with van der Waals surface area (Å²) in [5, 5.41) is 12.8. The monoisotopic (exact) mass is 369 g/mol. The van der Waals surface area contributed by atoms with E-state index in [9.17, 15) is 5.11 Å². The van der Waals surface area contributed by atoms with Gasteiger partial charge in [-0.2, -0.15) is 0 Å². The number of β-amino-alcohol motifs (C(OH)–C–C–N with tert-alkyl or cyclic N) is 1. The number of hydrogen-bond acceptors (Lipinski definition) is 3. The van der Waals surface area contributed by atoms with Crippen molar-refractivity contribution >= 4 is 29.9 Å². The van der Waals surface area contributed by atoms with Crippen LogP contribution in [0.2, 0.25) is 0 Å². The molecule has 106 valence electrons. The average molecular weight is 369 g/mol. The fourth-order valence-corrected chi connectivity index (χ4v) is 2.17. The van der Waals surface area contributed by atoms with Crippen LogP contribution < -0.4 is 5.32 Å². The van der Waals surface area contributed by atoms with Crippen LogP contribution in [0, 0.1) is 5.41 Å². The molecule has 0 aromatic rings. The van der Waals surface area contributed by atoms with Gasteiger partial charge in [0, 0.05) is 25.0 Å². The first-order valence-electron chi connectivity index (χ1n) is 6.42. The van der Waals surface area contributed by atoms with Gasteiger partial charge in [-0.15, -0.1) is 24.0 Å². The topological polar surface area (TPSA) is 57.1 Å². The van der Waals surface area contributed by atoms with Gasteiger partial charge >= 0.3 is 0 Å². The first kappa shape index (κ1) is 16.0. The fourth-order valence-electron chi connectivity index (χ4n) is 2.17. The molecule has 0 spiro atoms. The summed E-state index contributed by atoms with van der Waals surface area (Å²) < 4.78 is 5.23. The molecule has 0 unspecified atom stereocenters. The predicted octanol–water partition coefficient (Wildman–Crippen LogP) is 0.673. The minimum atomic E-state index is -0.207. The third-order valence-corrected chi connectivity index (χ3v) is 3.31. The van der Waals surface area contributed by atoms with Crippen molar-refractivity contribution in [3.63, 3.8) is 0 Å². The molecule has 2 aliphatic rings. The lowest BCUT2D eigenvalue weighted by Gasteiger charge is -2.37. The number of halogens is 1. The molecule has 2 rings (SSSR count). The molecule has 5 nitrogen and oxygen atoms in total. The summed E-state index contributed by atoms with van der Waals surface area (Å²) in [5.74, 6) is 0.928. The normalized spacial score (nSPS) is 26.5.